The van der Waals surface area contributed by atoms with Crippen molar-refractivity contribution in [3.63, 3.8) is 0 Å². The maximum Gasteiger partial charge on any atom is 0.252 e. The van der Waals surface area contributed by atoms with Crippen LogP contribution < -0.4 is 26.2 Å². The first kappa shape index (κ1) is 54.7. The highest BCUT2D eigenvalue weighted by Gasteiger charge is 2.52. The standard InChI is InChI=1S/C87H75BN2/c1-83(2,3)60-46-61(84(4,5)6)49-64(48-60)89-78-44-59(56-33-36-75-71(43-56)68-29-19-22-32-74(68)87(75)72-30-20-17-27-66(72)67-28-18-21-31-73(67)87)45-79-80(78)88(76-37-34-57-39-52-23-13-15-25-54(52)41-69(57)81(76)89)77-38-35-58-40-53-24-14-16-26-55(53)42-70(58)82(77)90(79)65-50-62(85(7,8)9)47-63(51-65)86(10,11)12/h13-51H,1-12H3. The fourth-order valence-corrected chi connectivity index (χ4v) is 16.2. The van der Waals surface area contributed by atoms with Crippen LogP contribution >= 0.6 is 0 Å². The van der Waals surface area contributed by atoms with Gasteiger partial charge in [-0.05, 0) is 215 Å². The van der Waals surface area contributed by atoms with Gasteiger partial charge < -0.3 is 9.80 Å². The molecule has 13 aromatic rings. The molecule has 3 heteroatoms. The molecule has 2 aliphatic carbocycles. The molecular formula is C87H75BN2. The number of hydrogen-bond donors (Lipinski definition) is 0. The molecule has 436 valence electrons. The van der Waals surface area contributed by atoms with E-state index in [-0.39, 0.29) is 28.4 Å². The van der Waals surface area contributed by atoms with Gasteiger partial charge in [-0.3, -0.25) is 0 Å². The summed E-state index contributed by atoms with van der Waals surface area (Å²) in [6, 6.07) is 92.9. The van der Waals surface area contributed by atoms with Gasteiger partial charge >= 0.3 is 0 Å². The van der Waals surface area contributed by atoms with Crippen molar-refractivity contribution in [3.8, 4) is 33.4 Å². The summed E-state index contributed by atoms with van der Waals surface area (Å²) in [4.78, 5) is 5.45. The third-order valence-corrected chi connectivity index (χ3v) is 20.9. The SMILES string of the molecule is CC(C)(C)c1cc(N2c3cc(-c4ccc5c(c4)-c4ccccc4C54c5ccccc5-c5ccccc54)cc4c3B(c3ccc5cc6ccccc6cc5c32)c2ccc3cc5ccccc5cc3c2N4c2cc(C(C)(C)C)cc(C(C)(C)C)c2)cc(C(C)(C)C)c1. The quantitative estimate of drug-likeness (QED) is 0.128. The molecule has 2 heterocycles. The van der Waals surface area contributed by atoms with Crippen LogP contribution in [0.3, 0.4) is 0 Å². The highest BCUT2D eigenvalue weighted by atomic mass is 15.2. The Kier molecular flexibility index (Phi) is 11.4. The minimum atomic E-state index is -0.449. The third kappa shape index (κ3) is 7.90. The smallest absolute Gasteiger partial charge is 0.252 e. The molecule has 0 atom stereocenters. The van der Waals surface area contributed by atoms with E-state index >= 15 is 0 Å². The zero-order valence-corrected chi connectivity index (χ0v) is 54.0. The Morgan fingerprint density at radius 3 is 1.04 bits per heavy atom. The predicted molar refractivity (Wildman–Crippen MR) is 387 cm³/mol. The molecule has 0 N–H and O–H groups in total. The van der Waals surface area contributed by atoms with Crippen LogP contribution in [0.2, 0.25) is 0 Å². The fraction of sp³-hybridized carbons (Fsp3) is 0.195. The molecule has 17 rings (SSSR count). The molecule has 0 saturated heterocycles. The van der Waals surface area contributed by atoms with Crippen molar-refractivity contribution in [2.24, 2.45) is 0 Å². The van der Waals surface area contributed by atoms with E-state index < -0.39 is 5.41 Å². The molecule has 1 spiro atoms. The molecular weight excluding hydrogens is 1080 g/mol. The zero-order valence-electron chi connectivity index (χ0n) is 54.0. The van der Waals surface area contributed by atoms with Crippen LogP contribution in [-0.4, -0.2) is 6.71 Å². The summed E-state index contributed by atoms with van der Waals surface area (Å²) in [5.74, 6) is 0. The lowest BCUT2D eigenvalue weighted by Crippen LogP contribution is -2.61. The zero-order chi connectivity index (χ0) is 61.7. The Bertz CT molecular complexity index is 4920. The molecule has 0 unspecified atom stereocenters. The van der Waals surface area contributed by atoms with E-state index in [9.17, 15) is 0 Å². The van der Waals surface area contributed by atoms with E-state index in [1.165, 1.54) is 171 Å². The van der Waals surface area contributed by atoms with Gasteiger partial charge in [0.25, 0.3) is 6.71 Å². The van der Waals surface area contributed by atoms with Gasteiger partial charge in [0.05, 0.1) is 5.41 Å². The van der Waals surface area contributed by atoms with E-state index in [0.717, 1.165) is 0 Å². The third-order valence-electron chi connectivity index (χ3n) is 20.9. The Hall–Kier alpha value is -9.44. The van der Waals surface area contributed by atoms with E-state index in [4.69, 9.17) is 0 Å². The molecule has 0 amide bonds. The molecule has 0 aromatic heterocycles. The Balaban J connectivity index is 1.04. The number of rotatable bonds is 3. The second-order valence-corrected chi connectivity index (χ2v) is 30.6. The second-order valence-electron chi connectivity index (χ2n) is 30.6. The van der Waals surface area contributed by atoms with Gasteiger partial charge in [0.1, 0.15) is 0 Å². The van der Waals surface area contributed by atoms with E-state index in [1.54, 1.807) is 0 Å². The van der Waals surface area contributed by atoms with Crippen LogP contribution in [0.4, 0.5) is 34.1 Å². The van der Waals surface area contributed by atoms with Crippen molar-refractivity contribution in [2.75, 3.05) is 9.80 Å². The van der Waals surface area contributed by atoms with E-state index in [1.807, 2.05) is 0 Å². The van der Waals surface area contributed by atoms with Crippen molar-refractivity contribution in [3.05, 3.63) is 281 Å². The number of fused-ring (bicyclic) bond motifs is 20. The molecule has 13 aromatic carbocycles. The lowest BCUT2D eigenvalue weighted by Gasteiger charge is -2.46. The summed E-state index contributed by atoms with van der Waals surface area (Å²) in [5, 5.41) is 9.94. The van der Waals surface area contributed by atoms with E-state index in [0.29, 0.717) is 0 Å². The largest absolute Gasteiger partial charge is 0.311 e. The van der Waals surface area contributed by atoms with Gasteiger partial charge in [0, 0.05) is 44.9 Å². The average molecular weight is 1160 g/mol. The van der Waals surface area contributed by atoms with Gasteiger partial charge in [-0.1, -0.05) is 253 Å². The lowest BCUT2D eigenvalue weighted by molar-refractivity contribution is 0.568. The number of benzene rings is 13. The maximum atomic E-state index is 2.73. The Morgan fingerprint density at radius 2 is 0.644 bits per heavy atom. The van der Waals surface area contributed by atoms with Gasteiger partial charge in [0.15, 0.2) is 0 Å². The monoisotopic (exact) mass is 1160 g/mol. The maximum absolute atomic E-state index is 2.73. The Morgan fingerprint density at radius 1 is 0.289 bits per heavy atom. The van der Waals surface area contributed by atoms with Crippen molar-refractivity contribution >= 4 is 100 Å². The van der Waals surface area contributed by atoms with Crippen LogP contribution in [-0.2, 0) is 27.1 Å². The van der Waals surface area contributed by atoms with Gasteiger partial charge in [-0.15, -0.1) is 0 Å². The highest BCUT2D eigenvalue weighted by Crippen LogP contribution is 2.63. The van der Waals surface area contributed by atoms with Crippen LogP contribution in [0, 0.1) is 0 Å². The molecule has 0 radical (unpaired) electrons. The molecule has 0 bridgehead atoms. The minimum Gasteiger partial charge on any atom is -0.311 e. The highest BCUT2D eigenvalue weighted by molar-refractivity contribution is 7.00. The topological polar surface area (TPSA) is 6.48 Å². The molecule has 2 nitrogen and oxygen atoms in total. The fourth-order valence-electron chi connectivity index (χ4n) is 16.2. The van der Waals surface area contributed by atoms with Gasteiger partial charge in [-0.2, -0.15) is 0 Å². The molecule has 90 heavy (non-hydrogen) atoms. The van der Waals surface area contributed by atoms with Crippen molar-refractivity contribution in [1.29, 1.82) is 0 Å². The summed E-state index contributed by atoms with van der Waals surface area (Å²) < 4.78 is 0. The average Bonchev–Trinajstić information content (AvgIpc) is 1.24. The first-order chi connectivity index (χ1) is 43.1. The van der Waals surface area contributed by atoms with Crippen molar-refractivity contribution < 1.29 is 0 Å². The second kappa shape index (κ2) is 18.8. The first-order valence-corrected chi connectivity index (χ1v) is 32.6. The van der Waals surface area contributed by atoms with Crippen LogP contribution in [0.25, 0.3) is 76.5 Å². The summed E-state index contributed by atoms with van der Waals surface area (Å²) in [7, 11) is 0. The predicted octanol–water partition coefficient (Wildman–Crippen LogP) is 21.6. The molecule has 0 saturated carbocycles. The summed E-state index contributed by atoms with van der Waals surface area (Å²) >= 11 is 0. The van der Waals surface area contributed by atoms with Crippen LogP contribution in [0.15, 0.2) is 237 Å². The number of nitrogens with zero attached hydrogens (tertiary/aromatic N) is 2. The van der Waals surface area contributed by atoms with Gasteiger partial charge in [0.2, 0.25) is 0 Å². The van der Waals surface area contributed by atoms with Crippen molar-refractivity contribution in [1.82, 2.24) is 0 Å². The summed E-state index contributed by atoms with van der Waals surface area (Å²) in [6.07, 6.45) is 0. The van der Waals surface area contributed by atoms with Crippen LogP contribution in [0.5, 0.6) is 0 Å². The summed E-state index contributed by atoms with van der Waals surface area (Å²) in [5.41, 5.74) is 28.6. The summed E-state index contributed by atoms with van der Waals surface area (Å²) in [6.45, 7) is 28.4. The number of anilines is 6. The van der Waals surface area contributed by atoms with Crippen LogP contribution in [0.1, 0.15) is 128 Å². The lowest BCUT2D eigenvalue weighted by atomic mass is 9.33. The Labute approximate surface area is 531 Å². The first-order valence-electron chi connectivity index (χ1n) is 32.6. The van der Waals surface area contributed by atoms with Crippen molar-refractivity contribution in [2.45, 2.75) is 110 Å². The molecule has 4 aliphatic rings. The van der Waals surface area contributed by atoms with Gasteiger partial charge in [-0.25, -0.2) is 0 Å². The normalized spacial score (nSPS) is 14.5. The number of hydrogen-bond acceptors (Lipinski definition) is 2. The van der Waals surface area contributed by atoms with E-state index in [2.05, 4.69) is 329 Å². The molecule has 0 fully saturated rings. The molecule has 2 aliphatic heterocycles. The minimum absolute atomic E-state index is 0.122.